The van der Waals surface area contributed by atoms with Crippen molar-refractivity contribution in [1.82, 2.24) is 15.2 Å². The number of nitriles is 1. The van der Waals surface area contributed by atoms with Crippen LogP contribution >= 0.6 is 0 Å². The second-order valence-corrected chi connectivity index (χ2v) is 5.14. The van der Waals surface area contributed by atoms with Gasteiger partial charge < -0.3 is 15.4 Å². The average molecular weight is 346 g/mol. The molecule has 2 aromatic carbocycles. The minimum Gasteiger partial charge on any atom is -0.465 e. The number of esters is 1. The lowest BCUT2D eigenvalue weighted by atomic mass is 10.2. The Bertz CT molecular complexity index is 966. The number of hydrogen-bond donors (Lipinski definition) is 2. The van der Waals surface area contributed by atoms with E-state index in [1.54, 1.807) is 42.5 Å². The van der Waals surface area contributed by atoms with Gasteiger partial charge in [-0.15, -0.1) is 5.10 Å². The third kappa shape index (κ3) is 3.91. The van der Waals surface area contributed by atoms with E-state index in [9.17, 15) is 4.79 Å². The normalized spacial score (nSPS) is 9.85. The minimum absolute atomic E-state index is 0.254. The van der Waals surface area contributed by atoms with Gasteiger partial charge in [-0.05, 0) is 36.4 Å². The summed E-state index contributed by atoms with van der Waals surface area (Å²) in [5.74, 6) is 0.314. The Morgan fingerprint density at radius 1 is 1.12 bits per heavy atom. The molecule has 2 N–H and O–H groups in total. The first-order valence-electron chi connectivity index (χ1n) is 7.61. The summed E-state index contributed by atoms with van der Waals surface area (Å²) in [7, 11) is 1.33. The number of ether oxygens (including phenoxy) is 1. The van der Waals surface area contributed by atoms with E-state index in [1.807, 2.05) is 6.07 Å². The molecule has 8 nitrogen and oxygen atoms in total. The van der Waals surface area contributed by atoms with Crippen molar-refractivity contribution in [2.75, 3.05) is 17.7 Å². The zero-order valence-electron chi connectivity index (χ0n) is 13.8. The number of carbonyl (C=O) groups excluding carboxylic acids is 1. The molecular weight excluding hydrogens is 332 g/mol. The van der Waals surface area contributed by atoms with Gasteiger partial charge >= 0.3 is 5.97 Å². The van der Waals surface area contributed by atoms with Crippen LogP contribution in [0.4, 0.5) is 23.1 Å². The van der Waals surface area contributed by atoms with Crippen LogP contribution < -0.4 is 10.6 Å². The molecule has 3 rings (SSSR count). The SMILES string of the molecule is COC(=O)c1ccc(Nc2cnnc(Nc3ccccc3C#N)n2)cc1. The highest BCUT2D eigenvalue weighted by Gasteiger charge is 2.07. The van der Waals surface area contributed by atoms with Gasteiger partial charge in [-0.25, -0.2) is 4.79 Å². The number of methoxy groups -OCH3 is 1. The van der Waals surface area contributed by atoms with E-state index < -0.39 is 5.97 Å². The number of carbonyl (C=O) groups is 1. The van der Waals surface area contributed by atoms with Gasteiger partial charge in [0.05, 0.1) is 30.1 Å². The lowest BCUT2D eigenvalue weighted by molar-refractivity contribution is 0.0601. The van der Waals surface area contributed by atoms with E-state index in [-0.39, 0.29) is 5.95 Å². The topological polar surface area (TPSA) is 113 Å². The monoisotopic (exact) mass is 346 g/mol. The molecule has 0 aliphatic heterocycles. The van der Waals surface area contributed by atoms with Crippen LogP contribution in [0.25, 0.3) is 0 Å². The molecule has 0 fully saturated rings. The highest BCUT2D eigenvalue weighted by atomic mass is 16.5. The van der Waals surface area contributed by atoms with Crippen LogP contribution in [0.2, 0.25) is 0 Å². The van der Waals surface area contributed by atoms with E-state index in [2.05, 4.69) is 36.6 Å². The zero-order valence-corrected chi connectivity index (χ0v) is 13.8. The molecule has 3 aromatic rings. The summed E-state index contributed by atoms with van der Waals surface area (Å²) in [4.78, 5) is 15.8. The van der Waals surface area contributed by atoms with Gasteiger partial charge in [0.1, 0.15) is 6.07 Å². The molecule has 0 radical (unpaired) electrons. The van der Waals surface area contributed by atoms with Crippen LogP contribution in [0.5, 0.6) is 0 Å². The predicted molar refractivity (Wildman–Crippen MR) is 95.3 cm³/mol. The van der Waals surface area contributed by atoms with Crippen LogP contribution in [0.15, 0.2) is 54.7 Å². The van der Waals surface area contributed by atoms with Gasteiger partial charge in [0, 0.05) is 5.69 Å². The molecule has 0 unspecified atom stereocenters. The third-order valence-electron chi connectivity index (χ3n) is 3.43. The molecule has 1 aromatic heterocycles. The number of nitrogens with zero attached hydrogens (tertiary/aromatic N) is 4. The Balaban J connectivity index is 1.75. The summed E-state index contributed by atoms with van der Waals surface area (Å²) in [6.07, 6.45) is 1.47. The molecule has 1 heterocycles. The van der Waals surface area contributed by atoms with E-state index >= 15 is 0 Å². The van der Waals surface area contributed by atoms with Gasteiger partial charge in [0.15, 0.2) is 5.82 Å². The smallest absolute Gasteiger partial charge is 0.337 e. The van der Waals surface area contributed by atoms with Gasteiger partial charge in [-0.1, -0.05) is 12.1 Å². The van der Waals surface area contributed by atoms with Crippen LogP contribution in [0.3, 0.4) is 0 Å². The van der Waals surface area contributed by atoms with Crippen LogP contribution in [0.1, 0.15) is 15.9 Å². The molecule has 0 spiro atoms. The molecule has 0 bridgehead atoms. The van der Waals surface area contributed by atoms with Crippen molar-refractivity contribution in [3.8, 4) is 6.07 Å². The highest BCUT2D eigenvalue weighted by molar-refractivity contribution is 5.89. The van der Waals surface area contributed by atoms with Crippen LogP contribution in [0, 0.1) is 11.3 Å². The van der Waals surface area contributed by atoms with Gasteiger partial charge in [0.2, 0.25) is 5.95 Å². The van der Waals surface area contributed by atoms with Gasteiger partial charge in [-0.2, -0.15) is 15.3 Å². The second kappa shape index (κ2) is 7.72. The first-order valence-corrected chi connectivity index (χ1v) is 7.61. The summed E-state index contributed by atoms with van der Waals surface area (Å²) in [6.45, 7) is 0. The number of rotatable bonds is 5. The molecule has 0 saturated carbocycles. The number of aromatic nitrogens is 3. The summed E-state index contributed by atoms with van der Waals surface area (Å²) in [5, 5.41) is 23.0. The first kappa shape index (κ1) is 16.9. The standard InChI is InChI=1S/C18H14N6O2/c1-26-17(25)12-6-8-14(9-7-12)21-16-11-20-24-18(23-16)22-15-5-3-2-4-13(15)10-19/h2-9,11H,1H3,(H2,21,22,23,24). The van der Waals surface area contributed by atoms with E-state index in [0.29, 0.717) is 22.6 Å². The summed E-state index contributed by atoms with van der Waals surface area (Å²) < 4.78 is 4.66. The maximum atomic E-state index is 11.4. The van der Waals surface area contributed by atoms with Crippen molar-refractivity contribution >= 4 is 29.1 Å². The van der Waals surface area contributed by atoms with Crippen molar-refractivity contribution in [2.24, 2.45) is 0 Å². The molecule has 0 amide bonds. The fraction of sp³-hybridized carbons (Fsp3) is 0.0556. The van der Waals surface area contributed by atoms with E-state index in [4.69, 9.17) is 5.26 Å². The fourth-order valence-electron chi connectivity index (χ4n) is 2.18. The van der Waals surface area contributed by atoms with E-state index in [1.165, 1.54) is 13.3 Å². The number of benzene rings is 2. The van der Waals surface area contributed by atoms with Crippen molar-refractivity contribution in [3.05, 3.63) is 65.9 Å². The molecule has 128 valence electrons. The summed E-state index contributed by atoms with van der Waals surface area (Å²) in [5.41, 5.74) is 2.25. The fourth-order valence-corrected chi connectivity index (χ4v) is 2.18. The summed E-state index contributed by atoms with van der Waals surface area (Å²) >= 11 is 0. The van der Waals surface area contributed by atoms with Gasteiger partial charge in [-0.3, -0.25) is 0 Å². The van der Waals surface area contributed by atoms with Crippen molar-refractivity contribution < 1.29 is 9.53 Å². The minimum atomic E-state index is -0.400. The number of anilines is 4. The Kier molecular flexibility index (Phi) is 5.00. The van der Waals surface area contributed by atoms with Crippen molar-refractivity contribution in [3.63, 3.8) is 0 Å². The predicted octanol–water partition coefficient (Wildman–Crippen LogP) is 3.02. The van der Waals surface area contributed by atoms with Crippen molar-refractivity contribution in [2.45, 2.75) is 0 Å². The Morgan fingerprint density at radius 2 is 1.88 bits per heavy atom. The molecule has 0 saturated heterocycles. The van der Waals surface area contributed by atoms with E-state index in [0.717, 1.165) is 5.69 Å². The molecule has 0 aliphatic rings. The average Bonchev–Trinajstić information content (AvgIpc) is 2.69. The summed E-state index contributed by atoms with van der Waals surface area (Å²) in [6, 6.07) is 15.9. The zero-order chi connectivity index (χ0) is 18.4. The maximum Gasteiger partial charge on any atom is 0.337 e. The maximum absolute atomic E-state index is 11.4. The lowest BCUT2D eigenvalue weighted by Crippen LogP contribution is -2.04. The molecule has 8 heteroatoms. The number of nitrogens with one attached hydrogen (secondary N) is 2. The highest BCUT2D eigenvalue weighted by Crippen LogP contribution is 2.19. The first-order chi connectivity index (χ1) is 12.7. The van der Waals surface area contributed by atoms with Crippen LogP contribution in [-0.2, 0) is 4.74 Å². The Morgan fingerprint density at radius 3 is 2.62 bits per heavy atom. The largest absolute Gasteiger partial charge is 0.465 e. The Labute approximate surface area is 149 Å². The number of hydrogen-bond acceptors (Lipinski definition) is 8. The third-order valence-corrected chi connectivity index (χ3v) is 3.43. The molecule has 0 atom stereocenters. The number of para-hydroxylation sites is 1. The quantitative estimate of drug-likeness (QED) is 0.678. The molecular formula is C18H14N6O2. The second-order valence-electron chi connectivity index (χ2n) is 5.14. The Hall–Kier alpha value is -3.99. The lowest BCUT2D eigenvalue weighted by Gasteiger charge is -2.09. The van der Waals surface area contributed by atoms with Crippen molar-refractivity contribution in [1.29, 1.82) is 5.26 Å². The van der Waals surface area contributed by atoms with Gasteiger partial charge in [0.25, 0.3) is 0 Å². The molecule has 0 aliphatic carbocycles. The van der Waals surface area contributed by atoms with Crippen LogP contribution in [-0.4, -0.2) is 28.3 Å². The molecule has 26 heavy (non-hydrogen) atoms.